The Morgan fingerprint density at radius 3 is 2.93 bits per heavy atom. The molecule has 0 radical (unpaired) electrons. The van der Waals surface area contributed by atoms with Crippen molar-refractivity contribution < 1.29 is 14.6 Å². The summed E-state index contributed by atoms with van der Waals surface area (Å²) in [6.07, 6.45) is 0.0246. The molecular weight excluding hydrogens is 194 g/mol. The van der Waals surface area contributed by atoms with Crippen LogP contribution in [0.3, 0.4) is 0 Å². The summed E-state index contributed by atoms with van der Waals surface area (Å²) in [4.78, 5) is 10.7. The molecule has 0 unspecified atom stereocenters. The van der Waals surface area contributed by atoms with Crippen LogP contribution in [0.2, 0.25) is 0 Å². The number of esters is 1. The van der Waals surface area contributed by atoms with Crippen molar-refractivity contribution in [3.63, 3.8) is 0 Å². The first-order valence-electron chi connectivity index (χ1n) is 4.27. The number of hydrogen-bond donors (Lipinski definition) is 2. The molecule has 1 aromatic rings. The zero-order chi connectivity index (χ0) is 11.3. The first-order valence-corrected chi connectivity index (χ1v) is 4.27. The highest BCUT2D eigenvalue weighted by Crippen LogP contribution is 2.17. The van der Waals surface area contributed by atoms with Gasteiger partial charge in [-0.1, -0.05) is 11.8 Å². The van der Waals surface area contributed by atoms with Gasteiger partial charge in [-0.2, -0.15) is 0 Å². The molecule has 78 valence electrons. The summed E-state index contributed by atoms with van der Waals surface area (Å²) in [6.45, 7) is 0. The average molecular weight is 205 g/mol. The van der Waals surface area contributed by atoms with Gasteiger partial charge in [0.2, 0.25) is 0 Å². The van der Waals surface area contributed by atoms with Gasteiger partial charge in [-0.15, -0.1) is 0 Å². The van der Waals surface area contributed by atoms with Crippen LogP contribution in [0.25, 0.3) is 0 Å². The number of carbonyl (C=O) groups excluding carboxylic acids is 1. The van der Waals surface area contributed by atoms with Crippen LogP contribution in [0.5, 0.6) is 5.75 Å². The molecule has 0 aliphatic carbocycles. The Morgan fingerprint density at radius 2 is 2.33 bits per heavy atom. The van der Waals surface area contributed by atoms with Gasteiger partial charge in [0, 0.05) is 11.6 Å². The fraction of sp³-hybridized carbons (Fsp3) is 0.182. The lowest BCUT2D eigenvalue weighted by Crippen LogP contribution is -1.97. The maximum Gasteiger partial charge on any atom is 0.317 e. The molecule has 0 saturated heterocycles. The van der Waals surface area contributed by atoms with Crippen LogP contribution in [0.15, 0.2) is 18.2 Å². The molecule has 0 heterocycles. The molecule has 4 heteroatoms. The van der Waals surface area contributed by atoms with E-state index < -0.39 is 0 Å². The van der Waals surface area contributed by atoms with E-state index in [1.54, 1.807) is 6.07 Å². The van der Waals surface area contributed by atoms with E-state index in [4.69, 9.17) is 10.8 Å². The molecule has 0 bridgehead atoms. The number of nitrogen functional groups attached to an aromatic ring is 1. The third kappa shape index (κ3) is 3.24. The molecule has 0 saturated carbocycles. The van der Waals surface area contributed by atoms with Crippen LogP contribution in [0.1, 0.15) is 12.0 Å². The molecule has 3 N–H and O–H groups in total. The molecule has 4 nitrogen and oxygen atoms in total. The second-order valence-electron chi connectivity index (χ2n) is 2.83. The lowest BCUT2D eigenvalue weighted by molar-refractivity contribution is -0.139. The number of phenolic OH excluding ortho intramolecular Hbond substituents is 1. The zero-order valence-corrected chi connectivity index (χ0v) is 8.28. The number of methoxy groups -OCH3 is 1. The number of ether oxygens (including phenoxy) is 1. The Labute approximate surface area is 87.7 Å². The maximum absolute atomic E-state index is 10.7. The summed E-state index contributed by atoms with van der Waals surface area (Å²) >= 11 is 0. The summed E-state index contributed by atoms with van der Waals surface area (Å²) in [7, 11) is 1.30. The van der Waals surface area contributed by atoms with Crippen molar-refractivity contribution in [2.75, 3.05) is 12.8 Å². The quantitative estimate of drug-likeness (QED) is 0.405. The van der Waals surface area contributed by atoms with Gasteiger partial charge in [0.05, 0.1) is 12.8 Å². The first-order chi connectivity index (χ1) is 7.13. The summed E-state index contributed by atoms with van der Waals surface area (Å²) in [6, 6.07) is 4.48. The first kappa shape index (κ1) is 10.9. The van der Waals surface area contributed by atoms with E-state index >= 15 is 0 Å². The Balaban J connectivity index is 2.76. The van der Waals surface area contributed by atoms with Crippen LogP contribution in [0.4, 0.5) is 5.69 Å². The Morgan fingerprint density at radius 1 is 1.60 bits per heavy atom. The molecule has 0 aromatic heterocycles. The number of rotatable bonds is 1. The third-order valence-corrected chi connectivity index (χ3v) is 1.72. The van der Waals surface area contributed by atoms with Crippen molar-refractivity contribution >= 4 is 11.7 Å². The number of phenols is 1. The molecule has 1 rings (SSSR count). The number of benzene rings is 1. The van der Waals surface area contributed by atoms with Gasteiger partial charge >= 0.3 is 5.97 Å². The zero-order valence-electron chi connectivity index (χ0n) is 8.28. The summed E-state index contributed by atoms with van der Waals surface area (Å²) in [5.41, 5.74) is 6.55. The van der Waals surface area contributed by atoms with Crippen molar-refractivity contribution in [3.8, 4) is 17.6 Å². The fourth-order valence-corrected chi connectivity index (χ4v) is 0.948. The highest BCUT2D eigenvalue weighted by Gasteiger charge is 1.97. The Kier molecular flexibility index (Phi) is 3.58. The lowest BCUT2D eigenvalue weighted by atomic mass is 10.2. The van der Waals surface area contributed by atoms with Crippen molar-refractivity contribution in [2.24, 2.45) is 0 Å². The van der Waals surface area contributed by atoms with Gasteiger partial charge in [-0.05, 0) is 12.1 Å². The molecule has 0 amide bonds. The smallest absolute Gasteiger partial charge is 0.317 e. The molecule has 0 aliphatic heterocycles. The molecule has 0 aliphatic rings. The summed E-state index contributed by atoms with van der Waals surface area (Å²) in [5.74, 6) is 5.04. The average Bonchev–Trinajstić information content (AvgIpc) is 2.21. The lowest BCUT2D eigenvalue weighted by Gasteiger charge is -1.97. The SMILES string of the molecule is COC(=O)CC#Cc1ccc(O)cc1N. The van der Waals surface area contributed by atoms with E-state index in [-0.39, 0.29) is 18.1 Å². The highest BCUT2D eigenvalue weighted by molar-refractivity contribution is 5.72. The van der Waals surface area contributed by atoms with Crippen LogP contribution in [0, 0.1) is 11.8 Å². The number of hydrogen-bond acceptors (Lipinski definition) is 4. The van der Waals surface area contributed by atoms with Gasteiger partial charge in [-0.25, -0.2) is 0 Å². The maximum atomic E-state index is 10.7. The minimum absolute atomic E-state index is 0.0246. The second-order valence-corrected chi connectivity index (χ2v) is 2.83. The van der Waals surface area contributed by atoms with Crippen molar-refractivity contribution in [3.05, 3.63) is 23.8 Å². The van der Waals surface area contributed by atoms with Gasteiger partial charge in [-0.3, -0.25) is 4.79 Å². The second kappa shape index (κ2) is 4.91. The van der Waals surface area contributed by atoms with Crippen LogP contribution >= 0.6 is 0 Å². The van der Waals surface area contributed by atoms with Crippen molar-refractivity contribution in [2.45, 2.75) is 6.42 Å². The summed E-state index contributed by atoms with van der Waals surface area (Å²) < 4.78 is 4.42. The van der Waals surface area contributed by atoms with Gasteiger partial charge < -0.3 is 15.6 Å². The van der Waals surface area contributed by atoms with E-state index in [2.05, 4.69) is 16.6 Å². The van der Waals surface area contributed by atoms with Crippen LogP contribution in [-0.4, -0.2) is 18.2 Å². The molecule has 1 aromatic carbocycles. The van der Waals surface area contributed by atoms with E-state index in [1.165, 1.54) is 19.2 Å². The topological polar surface area (TPSA) is 72.5 Å². The number of carbonyl (C=O) groups is 1. The monoisotopic (exact) mass is 205 g/mol. The van der Waals surface area contributed by atoms with Crippen molar-refractivity contribution in [1.29, 1.82) is 0 Å². The largest absolute Gasteiger partial charge is 0.508 e. The standard InChI is InChI=1S/C11H11NO3/c1-15-11(14)4-2-3-8-5-6-9(13)7-10(8)12/h5-7,13H,4,12H2,1H3. The summed E-state index contributed by atoms with van der Waals surface area (Å²) in [5, 5.41) is 9.09. The molecule has 0 fully saturated rings. The van der Waals surface area contributed by atoms with E-state index in [1.807, 2.05) is 0 Å². The van der Waals surface area contributed by atoms with Gasteiger partial charge in [0.1, 0.15) is 12.2 Å². The highest BCUT2D eigenvalue weighted by atomic mass is 16.5. The molecular formula is C11H11NO3. The predicted octanol–water partition coefficient (Wildman–Crippen LogP) is 0.889. The van der Waals surface area contributed by atoms with Crippen molar-refractivity contribution in [1.82, 2.24) is 0 Å². The minimum atomic E-state index is -0.389. The Hall–Kier alpha value is -2.15. The van der Waals surface area contributed by atoms with Gasteiger partial charge in [0.25, 0.3) is 0 Å². The predicted molar refractivity (Wildman–Crippen MR) is 56.0 cm³/mol. The normalized spacial score (nSPS) is 8.87. The minimum Gasteiger partial charge on any atom is -0.508 e. The van der Waals surface area contributed by atoms with E-state index in [9.17, 15) is 4.79 Å². The van der Waals surface area contributed by atoms with Crippen LogP contribution in [-0.2, 0) is 9.53 Å². The van der Waals surface area contributed by atoms with E-state index in [0.717, 1.165) is 0 Å². The fourth-order valence-electron chi connectivity index (χ4n) is 0.948. The van der Waals surface area contributed by atoms with E-state index in [0.29, 0.717) is 11.3 Å². The number of anilines is 1. The van der Waals surface area contributed by atoms with Gasteiger partial charge in [0.15, 0.2) is 0 Å². The number of nitrogens with two attached hydrogens (primary N) is 1. The Bertz CT molecular complexity index is 429. The third-order valence-electron chi connectivity index (χ3n) is 1.72. The molecule has 15 heavy (non-hydrogen) atoms. The molecule has 0 atom stereocenters. The van der Waals surface area contributed by atoms with Crippen LogP contribution < -0.4 is 5.73 Å². The molecule has 0 spiro atoms. The number of aromatic hydroxyl groups is 1.